The molecule has 0 atom stereocenters. The summed E-state index contributed by atoms with van der Waals surface area (Å²) in [6.45, 7) is 44.3. The van der Waals surface area contributed by atoms with Crippen LogP contribution in [-0.2, 0) is 0 Å². The first-order chi connectivity index (χ1) is 28.0. The molecule has 0 aliphatic carbocycles. The molecule has 6 aromatic carbocycles. The second-order valence-corrected chi connectivity index (χ2v) is 17.6. The summed E-state index contributed by atoms with van der Waals surface area (Å²) in [5.41, 5.74) is 30.6. The van der Waals surface area contributed by atoms with Crippen molar-refractivity contribution < 1.29 is 18.9 Å². The number of aryl methyl sites for hydroxylation is 6. The number of ether oxygens (including phenoxy) is 4. The standard InChI is InChI=1S/C34H42O2.C22H30O2.CH4/c1-15-17(3)21(7)29-27(19(15)5)23(9)25(11)33(35-13)31(29)32-30-22(8)18(4)16(2)20(6)28(30)24(10)26(12)34(32)36-14;1-11-13(3)17(7)21(23-9)19(15(11)5)20-16(6)12(2)14(4)18(8)22(20)24-10;/h1-14H3;1-10H3;1H4. The Morgan fingerprint density at radius 1 is 0.180 bits per heavy atom. The van der Waals surface area contributed by atoms with Crippen LogP contribution in [0, 0.1) is 138 Å². The molecule has 0 spiro atoms. The van der Waals surface area contributed by atoms with Gasteiger partial charge >= 0.3 is 0 Å². The number of hydrogen-bond donors (Lipinski definition) is 0. The summed E-state index contributed by atoms with van der Waals surface area (Å²) in [5, 5.41) is 5.26. The average Bonchev–Trinajstić information content (AvgIpc) is 3.23. The molecule has 0 fully saturated rings. The molecular formula is C57H76O4. The topological polar surface area (TPSA) is 36.9 Å². The molecule has 0 saturated carbocycles. The Bertz CT molecular complexity index is 2580. The van der Waals surface area contributed by atoms with Crippen LogP contribution in [-0.4, -0.2) is 28.4 Å². The third-order valence-corrected chi connectivity index (χ3v) is 15.5. The summed E-state index contributed by atoms with van der Waals surface area (Å²) in [4.78, 5) is 0. The molecule has 4 nitrogen and oxygen atoms in total. The maximum absolute atomic E-state index is 6.27. The van der Waals surface area contributed by atoms with E-state index < -0.39 is 0 Å². The minimum atomic E-state index is 0. The summed E-state index contributed by atoms with van der Waals surface area (Å²) >= 11 is 0. The quantitative estimate of drug-likeness (QED) is 0.168. The predicted molar refractivity (Wildman–Crippen MR) is 266 cm³/mol. The molecule has 328 valence electrons. The highest BCUT2D eigenvalue weighted by Gasteiger charge is 2.30. The van der Waals surface area contributed by atoms with E-state index in [9.17, 15) is 0 Å². The van der Waals surface area contributed by atoms with E-state index >= 15 is 0 Å². The zero-order valence-electron chi connectivity index (χ0n) is 41.6. The Kier molecular flexibility index (Phi) is 14.2. The van der Waals surface area contributed by atoms with Gasteiger partial charge in [0.25, 0.3) is 0 Å². The fourth-order valence-electron chi connectivity index (χ4n) is 10.2. The van der Waals surface area contributed by atoms with E-state index in [-0.39, 0.29) is 7.43 Å². The molecule has 0 saturated heterocycles. The first kappa shape index (κ1) is 48.7. The Morgan fingerprint density at radius 2 is 0.344 bits per heavy atom. The van der Waals surface area contributed by atoms with E-state index in [1.54, 1.807) is 14.2 Å². The van der Waals surface area contributed by atoms with Gasteiger partial charge in [-0.2, -0.15) is 0 Å². The summed E-state index contributed by atoms with van der Waals surface area (Å²) < 4.78 is 24.3. The molecular weight excluding hydrogens is 749 g/mol. The van der Waals surface area contributed by atoms with Crippen LogP contribution < -0.4 is 18.9 Å². The lowest BCUT2D eigenvalue weighted by molar-refractivity contribution is 0.406. The molecule has 0 heterocycles. The van der Waals surface area contributed by atoms with E-state index in [0.717, 1.165) is 34.1 Å². The Balaban J connectivity index is 0.000000286. The lowest BCUT2D eigenvalue weighted by Crippen LogP contribution is -2.06. The maximum Gasteiger partial charge on any atom is 0.130 e. The van der Waals surface area contributed by atoms with Crippen molar-refractivity contribution in [2.24, 2.45) is 0 Å². The molecule has 0 aliphatic rings. The number of methoxy groups -OCH3 is 4. The highest BCUT2D eigenvalue weighted by Crippen LogP contribution is 2.54. The van der Waals surface area contributed by atoms with Crippen molar-refractivity contribution >= 4 is 21.5 Å². The summed E-state index contributed by atoms with van der Waals surface area (Å²) in [6, 6.07) is 0. The summed E-state index contributed by atoms with van der Waals surface area (Å²) in [6.07, 6.45) is 0. The summed E-state index contributed by atoms with van der Waals surface area (Å²) in [5.74, 6) is 3.81. The Morgan fingerprint density at radius 3 is 0.590 bits per heavy atom. The monoisotopic (exact) mass is 825 g/mol. The maximum atomic E-state index is 6.27. The van der Waals surface area contributed by atoms with Crippen LogP contribution in [0.2, 0.25) is 0 Å². The summed E-state index contributed by atoms with van der Waals surface area (Å²) in [7, 11) is 7.14. The minimum Gasteiger partial charge on any atom is -0.496 e. The molecule has 4 heteroatoms. The first-order valence-electron chi connectivity index (χ1n) is 21.4. The number of fused-ring (bicyclic) bond motifs is 2. The van der Waals surface area contributed by atoms with Crippen LogP contribution >= 0.6 is 0 Å². The van der Waals surface area contributed by atoms with Crippen molar-refractivity contribution in [2.45, 2.75) is 146 Å². The van der Waals surface area contributed by atoms with Gasteiger partial charge in [-0.05, 0) is 271 Å². The van der Waals surface area contributed by atoms with Crippen molar-refractivity contribution in [3.8, 4) is 45.3 Å². The van der Waals surface area contributed by atoms with Crippen LogP contribution in [0.5, 0.6) is 23.0 Å². The van der Waals surface area contributed by atoms with Crippen LogP contribution in [0.15, 0.2) is 0 Å². The average molecular weight is 825 g/mol. The third kappa shape index (κ3) is 7.16. The van der Waals surface area contributed by atoms with E-state index in [4.69, 9.17) is 18.9 Å². The van der Waals surface area contributed by atoms with Gasteiger partial charge in [-0.25, -0.2) is 0 Å². The predicted octanol–water partition coefficient (Wildman–Crippen LogP) is 15.9. The number of hydrogen-bond acceptors (Lipinski definition) is 4. The largest absolute Gasteiger partial charge is 0.496 e. The fraction of sp³-hybridized carbons (Fsp3) is 0.439. The van der Waals surface area contributed by atoms with Crippen LogP contribution in [0.4, 0.5) is 0 Å². The number of rotatable bonds is 6. The Hall–Kier alpha value is -4.96. The molecule has 0 unspecified atom stereocenters. The van der Waals surface area contributed by atoms with Gasteiger partial charge < -0.3 is 18.9 Å². The van der Waals surface area contributed by atoms with Crippen molar-refractivity contribution in [2.75, 3.05) is 28.4 Å². The fourth-order valence-corrected chi connectivity index (χ4v) is 10.2. The highest BCUT2D eigenvalue weighted by molar-refractivity contribution is 6.16. The second kappa shape index (κ2) is 17.8. The first-order valence-corrected chi connectivity index (χ1v) is 21.4. The van der Waals surface area contributed by atoms with Crippen LogP contribution in [0.3, 0.4) is 0 Å². The van der Waals surface area contributed by atoms with E-state index in [0.29, 0.717) is 0 Å². The smallest absolute Gasteiger partial charge is 0.130 e. The second-order valence-electron chi connectivity index (χ2n) is 17.6. The highest BCUT2D eigenvalue weighted by atomic mass is 16.5. The zero-order valence-corrected chi connectivity index (χ0v) is 41.6. The molecule has 0 radical (unpaired) electrons. The van der Waals surface area contributed by atoms with Crippen LogP contribution in [0.1, 0.15) is 119 Å². The lowest BCUT2D eigenvalue weighted by atomic mass is 9.78. The van der Waals surface area contributed by atoms with Gasteiger partial charge in [0.15, 0.2) is 0 Å². The molecule has 6 rings (SSSR count). The molecule has 0 aromatic heterocycles. The number of benzene rings is 6. The molecule has 61 heavy (non-hydrogen) atoms. The van der Waals surface area contributed by atoms with Gasteiger partial charge in [0.1, 0.15) is 23.0 Å². The van der Waals surface area contributed by atoms with Crippen molar-refractivity contribution in [1.82, 2.24) is 0 Å². The van der Waals surface area contributed by atoms with Gasteiger partial charge in [-0.3, -0.25) is 0 Å². The van der Waals surface area contributed by atoms with Gasteiger partial charge in [0, 0.05) is 22.3 Å². The Labute approximate surface area is 370 Å². The molecule has 0 bridgehead atoms. The minimum absolute atomic E-state index is 0. The molecule has 0 amide bonds. The van der Waals surface area contributed by atoms with E-state index in [1.165, 1.54) is 144 Å². The normalized spacial score (nSPS) is 11.1. The van der Waals surface area contributed by atoms with E-state index in [2.05, 4.69) is 138 Å². The van der Waals surface area contributed by atoms with Crippen molar-refractivity contribution in [3.63, 3.8) is 0 Å². The molecule has 0 N–H and O–H groups in total. The van der Waals surface area contributed by atoms with Gasteiger partial charge in [-0.15, -0.1) is 0 Å². The molecule has 0 aliphatic heterocycles. The van der Waals surface area contributed by atoms with Crippen molar-refractivity contribution in [1.29, 1.82) is 0 Å². The van der Waals surface area contributed by atoms with Gasteiger partial charge in [0.05, 0.1) is 28.4 Å². The van der Waals surface area contributed by atoms with Crippen LogP contribution in [0.25, 0.3) is 43.8 Å². The van der Waals surface area contributed by atoms with Crippen molar-refractivity contribution in [3.05, 3.63) is 111 Å². The SMILES string of the molecule is C.COc1c(C)c(C)c(C)c(C)c1-c1c(C)c(C)c(C)c(C)c1OC.COc1c(C)c(C)c2c(C)c(C)c(C)c(C)c2c1-c1c(OC)c(C)c(C)c2c(C)c(C)c(C)c(C)c12. The third-order valence-electron chi connectivity index (χ3n) is 15.5. The van der Waals surface area contributed by atoms with Gasteiger partial charge in [0.2, 0.25) is 0 Å². The lowest BCUT2D eigenvalue weighted by Gasteiger charge is -2.28. The van der Waals surface area contributed by atoms with E-state index in [1.807, 2.05) is 14.2 Å². The van der Waals surface area contributed by atoms with Gasteiger partial charge in [-0.1, -0.05) is 7.43 Å². The zero-order chi connectivity index (χ0) is 45.3. The molecule has 6 aromatic rings.